The first-order valence-corrected chi connectivity index (χ1v) is 11.9. The molecular weight excluding hydrogens is 414 g/mol. The smallest absolute Gasteiger partial charge is 0.223 e. The van der Waals surface area contributed by atoms with Gasteiger partial charge in [-0.15, -0.1) is 0 Å². The molecule has 0 aliphatic carbocycles. The maximum atomic E-state index is 12.7. The number of hydrogen-bond donors (Lipinski definition) is 1. The van der Waals surface area contributed by atoms with E-state index in [0.717, 1.165) is 11.1 Å². The van der Waals surface area contributed by atoms with Crippen LogP contribution in [0.4, 0.5) is 0 Å². The standard InChI is InChI=1S/C22H25N5O3S/c28-22(24-16-19-7-8-21(23-15-19)27-12-4-11-25-27)20-9-13-26(14-10-20)31(29,30)17-18-5-2-1-3-6-18/h1-8,11-12,15,20H,9-10,13-14,16-17H2,(H,24,28). The topological polar surface area (TPSA) is 97.2 Å². The highest BCUT2D eigenvalue weighted by atomic mass is 32.2. The van der Waals surface area contributed by atoms with E-state index in [1.54, 1.807) is 17.1 Å². The molecule has 8 nitrogen and oxygen atoms in total. The summed E-state index contributed by atoms with van der Waals surface area (Å²) < 4.78 is 28.5. The molecule has 1 amide bonds. The summed E-state index contributed by atoms with van der Waals surface area (Å²) in [6.07, 6.45) is 6.27. The zero-order valence-electron chi connectivity index (χ0n) is 17.1. The van der Waals surface area contributed by atoms with Crippen molar-refractivity contribution in [2.75, 3.05) is 13.1 Å². The van der Waals surface area contributed by atoms with Gasteiger partial charge in [-0.25, -0.2) is 22.4 Å². The predicted octanol–water partition coefficient (Wildman–Crippen LogP) is 2.13. The first-order valence-electron chi connectivity index (χ1n) is 10.3. The molecule has 0 spiro atoms. The Hall–Kier alpha value is -3.04. The summed E-state index contributed by atoms with van der Waals surface area (Å²) in [5, 5.41) is 7.08. The Balaban J connectivity index is 1.25. The summed E-state index contributed by atoms with van der Waals surface area (Å²) in [7, 11) is -3.38. The van der Waals surface area contributed by atoms with E-state index in [2.05, 4.69) is 15.4 Å². The van der Waals surface area contributed by atoms with Crippen molar-refractivity contribution in [3.8, 4) is 5.82 Å². The Bertz CT molecular complexity index is 1090. The summed E-state index contributed by atoms with van der Waals surface area (Å²) in [6.45, 7) is 1.12. The van der Waals surface area contributed by atoms with Crippen LogP contribution in [0.5, 0.6) is 0 Å². The zero-order chi connectivity index (χ0) is 21.7. The lowest BCUT2D eigenvalue weighted by molar-refractivity contribution is -0.126. The highest BCUT2D eigenvalue weighted by Gasteiger charge is 2.31. The van der Waals surface area contributed by atoms with Gasteiger partial charge in [0.25, 0.3) is 0 Å². The molecule has 0 bridgehead atoms. The molecule has 162 valence electrons. The van der Waals surface area contributed by atoms with Gasteiger partial charge in [0.1, 0.15) is 0 Å². The van der Waals surface area contributed by atoms with E-state index in [4.69, 9.17) is 0 Å². The first-order chi connectivity index (χ1) is 15.0. The average Bonchev–Trinajstić information content (AvgIpc) is 3.33. The number of piperidine rings is 1. The quantitative estimate of drug-likeness (QED) is 0.608. The van der Waals surface area contributed by atoms with E-state index >= 15 is 0 Å². The Morgan fingerprint density at radius 1 is 1.03 bits per heavy atom. The van der Waals surface area contributed by atoms with Crippen molar-refractivity contribution < 1.29 is 13.2 Å². The van der Waals surface area contributed by atoms with Crippen LogP contribution in [-0.4, -0.2) is 46.5 Å². The molecule has 1 saturated heterocycles. The number of benzene rings is 1. The van der Waals surface area contributed by atoms with Crippen molar-refractivity contribution in [2.45, 2.75) is 25.1 Å². The minimum Gasteiger partial charge on any atom is -0.352 e. The predicted molar refractivity (Wildman–Crippen MR) is 117 cm³/mol. The van der Waals surface area contributed by atoms with E-state index in [1.165, 1.54) is 4.31 Å². The summed E-state index contributed by atoms with van der Waals surface area (Å²) in [5.41, 5.74) is 1.67. The maximum absolute atomic E-state index is 12.7. The molecule has 31 heavy (non-hydrogen) atoms. The van der Waals surface area contributed by atoms with E-state index in [1.807, 2.05) is 54.7 Å². The molecule has 9 heteroatoms. The zero-order valence-corrected chi connectivity index (χ0v) is 17.9. The number of nitrogens with one attached hydrogen (secondary N) is 1. The van der Waals surface area contributed by atoms with Gasteiger partial charge in [-0.1, -0.05) is 36.4 Å². The second kappa shape index (κ2) is 9.40. The minimum atomic E-state index is -3.38. The third-order valence-corrected chi connectivity index (χ3v) is 7.28. The van der Waals surface area contributed by atoms with Gasteiger partial charge in [-0.2, -0.15) is 5.10 Å². The van der Waals surface area contributed by atoms with E-state index < -0.39 is 10.0 Å². The summed E-state index contributed by atoms with van der Waals surface area (Å²) in [6, 6.07) is 14.7. The van der Waals surface area contributed by atoms with Gasteiger partial charge in [0.2, 0.25) is 15.9 Å². The van der Waals surface area contributed by atoms with Gasteiger partial charge in [-0.3, -0.25) is 4.79 Å². The molecule has 1 N–H and O–H groups in total. The highest BCUT2D eigenvalue weighted by molar-refractivity contribution is 7.88. The molecule has 0 unspecified atom stereocenters. The minimum absolute atomic E-state index is 0.00771. The van der Waals surface area contributed by atoms with E-state index in [-0.39, 0.29) is 17.6 Å². The van der Waals surface area contributed by atoms with Crippen LogP contribution in [0.15, 0.2) is 67.1 Å². The lowest BCUT2D eigenvalue weighted by atomic mass is 9.97. The average molecular weight is 440 g/mol. The molecular formula is C22H25N5O3S. The number of pyridine rings is 1. The van der Waals surface area contributed by atoms with Gasteiger partial charge < -0.3 is 5.32 Å². The molecule has 1 aliphatic heterocycles. The number of nitrogens with zero attached hydrogens (tertiary/aromatic N) is 4. The molecule has 4 rings (SSSR count). The Kier molecular flexibility index (Phi) is 6.43. The normalized spacial score (nSPS) is 15.6. The number of hydrogen-bond acceptors (Lipinski definition) is 5. The van der Waals surface area contributed by atoms with Crippen LogP contribution < -0.4 is 5.32 Å². The lowest BCUT2D eigenvalue weighted by Crippen LogP contribution is -2.43. The van der Waals surface area contributed by atoms with Crippen LogP contribution in [-0.2, 0) is 27.1 Å². The molecule has 1 aromatic carbocycles. The molecule has 3 heterocycles. The summed E-state index contributed by atoms with van der Waals surface area (Å²) in [4.78, 5) is 16.9. The van der Waals surface area contributed by atoms with Gasteiger partial charge >= 0.3 is 0 Å². The first kappa shape index (κ1) is 21.2. The van der Waals surface area contributed by atoms with Crippen molar-refractivity contribution in [1.29, 1.82) is 0 Å². The number of rotatable bonds is 7. The molecule has 2 aromatic heterocycles. The molecule has 0 atom stereocenters. The maximum Gasteiger partial charge on any atom is 0.223 e. The Morgan fingerprint density at radius 3 is 2.45 bits per heavy atom. The van der Waals surface area contributed by atoms with E-state index in [9.17, 15) is 13.2 Å². The molecule has 1 fully saturated rings. The van der Waals surface area contributed by atoms with Crippen molar-refractivity contribution in [1.82, 2.24) is 24.4 Å². The van der Waals surface area contributed by atoms with Gasteiger partial charge in [0.15, 0.2) is 5.82 Å². The van der Waals surface area contributed by atoms with Crippen molar-refractivity contribution in [3.05, 3.63) is 78.2 Å². The van der Waals surface area contributed by atoms with Crippen LogP contribution in [0.25, 0.3) is 5.82 Å². The van der Waals surface area contributed by atoms with Crippen LogP contribution in [0.1, 0.15) is 24.0 Å². The Morgan fingerprint density at radius 2 is 1.81 bits per heavy atom. The molecule has 0 radical (unpaired) electrons. The van der Waals surface area contributed by atoms with Crippen molar-refractivity contribution in [3.63, 3.8) is 0 Å². The summed E-state index contributed by atoms with van der Waals surface area (Å²) >= 11 is 0. The number of carbonyl (C=O) groups excluding carboxylic acids is 1. The van der Waals surface area contributed by atoms with Crippen LogP contribution in [0, 0.1) is 5.92 Å². The van der Waals surface area contributed by atoms with Crippen LogP contribution in [0.3, 0.4) is 0 Å². The van der Waals surface area contributed by atoms with Gasteiger partial charge in [-0.05, 0) is 36.1 Å². The fraction of sp³-hybridized carbons (Fsp3) is 0.318. The largest absolute Gasteiger partial charge is 0.352 e. The highest BCUT2D eigenvalue weighted by Crippen LogP contribution is 2.22. The molecule has 0 saturated carbocycles. The molecule has 3 aromatic rings. The van der Waals surface area contributed by atoms with Gasteiger partial charge in [0.05, 0.1) is 5.75 Å². The number of sulfonamides is 1. The third kappa shape index (κ3) is 5.36. The number of amides is 1. The van der Waals surface area contributed by atoms with Crippen LogP contribution >= 0.6 is 0 Å². The Labute approximate surface area is 182 Å². The second-order valence-corrected chi connectivity index (χ2v) is 9.58. The lowest BCUT2D eigenvalue weighted by Gasteiger charge is -2.30. The molecule has 1 aliphatic rings. The number of aromatic nitrogens is 3. The van der Waals surface area contributed by atoms with Crippen molar-refractivity contribution in [2.24, 2.45) is 5.92 Å². The fourth-order valence-corrected chi connectivity index (χ4v) is 5.23. The third-order valence-electron chi connectivity index (χ3n) is 5.42. The SMILES string of the molecule is O=C(NCc1ccc(-n2cccn2)nc1)C1CCN(S(=O)(=O)Cc2ccccc2)CC1. The summed E-state index contributed by atoms with van der Waals surface area (Å²) in [5.74, 6) is 0.478. The monoisotopic (exact) mass is 439 g/mol. The van der Waals surface area contributed by atoms with Gasteiger partial charge in [0, 0.05) is 44.1 Å². The number of carbonyl (C=O) groups is 1. The van der Waals surface area contributed by atoms with Crippen molar-refractivity contribution >= 4 is 15.9 Å². The van der Waals surface area contributed by atoms with Crippen LogP contribution in [0.2, 0.25) is 0 Å². The second-order valence-electron chi connectivity index (χ2n) is 7.61. The fourth-order valence-electron chi connectivity index (χ4n) is 3.67. The van der Waals surface area contributed by atoms with E-state index in [0.29, 0.717) is 38.3 Å².